The molecule has 2 aromatic rings. The minimum Gasteiger partial charge on any atom is -0.258 e. The summed E-state index contributed by atoms with van der Waals surface area (Å²) in [5, 5.41) is 10.6. The minimum absolute atomic E-state index is 0.0350. The number of nitrogens with one attached hydrogen (secondary N) is 1. The van der Waals surface area contributed by atoms with Crippen molar-refractivity contribution < 1.29 is 17.7 Å². The number of nitro benzene ring substituents is 1. The van der Waals surface area contributed by atoms with Crippen molar-refractivity contribution in [2.24, 2.45) is 0 Å². The van der Waals surface area contributed by atoms with E-state index in [-0.39, 0.29) is 22.9 Å². The summed E-state index contributed by atoms with van der Waals surface area (Å²) in [7, 11) is -3.72. The Hall–Kier alpha value is -1.97. The maximum atomic E-state index is 13.4. The van der Waals surface area contributed by atoms with Crippen molar-refractivity contribution in [2.45, 2.75) is 10.6 Å². The molecule has 0 saturated heterocycles. The van der Waals surface area contributed by atoms with Gasteiger partial charge in [0.15, 0.2) is 0 Å². The normalized spacial score (nSPS) is 11.4. The van der Waals surface area contributed by atoms with Crippen molar-refractivity contribution >= 4 is 27.5 Å². The zero-order valence-electron chi connectivity index (χ0n) is 12.5. The summed E-state index contributed by atoms with van der Waals surface area (Å²) < 4.78 is 39.9. The number of hydrogen-bond donors (Lipinski definition) is 1. The number of thioether (sulfide) groups is 1. The Kier molecular flexibility index (Phi) is 6.29. The predicted octanol–water partition coefficient (Wildman–Crippen LogP) is 2.95. The summed E-state index contributed by atoms with van der Waals surface area (Å²) >= 11 is 1.41. The zero-order valence-corrected chi connectivity index (χ0v) is 14.1. The van der Waals surface area contributed by atoms with E-state index in [4.69, 9.17) is 0 Å². The quantitative estimate of drug-likeness (QED) is 0.438. The molecule has 6 nitrogen and oxygen atoms in total. The van der Waals surface area contributed by atoms with Crippen LogP contribution in [0.3, 0.4) is 0 Å². The molecule has 0 bridgehead atoms. The molecule has 0 aliphatic carbocycles. The first-order valence-electron chi connectivity index (χ1n) is 6.95. The van der Waals surface area contributed by atoms with Crippen molar-refractivity contribution in [2.75, 3.05) is 12.3 Å². The van der Waals surface area contributed by atoms with E-state index < -0.39 is 14.9 Å². The largest absolute Gasteiger partial charge is 0.269 e. The molecule has 0 fully saturated rings. The zero-order chi connectivity index (χ0) is 17.6. The van der Waals surface area contributed by atoms with Crippen molar-refractivity contribution in [1.82, 2.24) is 4.72 Å². The third-order valence-corrected chi connectivity index (χ3v) is 5.60. The number of non-ortho nitro benzene ring substituents is 1. The van der Waals surface area contributed by atoms with E-state index in [1.54, 1.807) is 18.2 Å². The number of rotatable bonds is 8. The second-order valence-corrected chi connectivity index (χ2v) is 7.66. The van der Waals surface area contributed by atoms with Gasteiger partial charge in [0, 0.05) is 30.2 Å². The maximum Gasteiger partial charge on any atom is 0.269 e. The molecule has 2 rings (SSSR count). The Morgan fingerprint density at radius 3 is 2.42 bits per heavy atom. The molecule has 24 heavy (non-hydrogen) atoms. The monoisotopic (exact) mass is 370 g/mol. The summed E-state index contributed by atoms with van der Waals surface area (Å²) in [5.74, 6) is 0.642. The molecule has 2 aromatic carbocycles. The van der Waals surface area contributed by atoms with Crippen LogP contribution in [0, 0.1) is 15.9 Å². The second kappa shape index (κ2) is 8.22. The molecule has 128 valence electrons. The molecular formula is C15H15FN2O4S2. The Labute approximate surface area is 143 Å². The van der Waals surface area contributed by atoms with E-state index in [0.29, 0.717) is 17.1 Å². The highest BCUT2D eigenvalue weighted by molar-refractivity contribution is 7.98. The average molecular weight is 370 g/mol. The highest BCUT2D eigenvalue weighted by Gasteiger charge is 2.15. The van der Waals surface area contributed by atoms with Gasteiger partial charge >= 0.3 is 0 Å². The molecule has 0 unspecified atom stereocenters. The van der Waals surface area contributed by atoms with E-state index in [1.165, 1.54) is 30.0 Å². The van der Waals surface area contributed by atoms with Crippen molar-refractivity contribution in [3.63, 3.8) is 0 Å². The Balaban J connectivity index is 1.82. The lowest BCUT2D eigenvalue weighted by Gasteiger charge is -2.07. The number of nitrogens with zero attached hydrogens (tertiary/aromatic N) is 1. The first-order valence-corrected chi connectivity index (χ1v) is 9.59. The molecule has 0 radical (unpaired) electrons. The van der Waals surface area contributed by atoms with Crippen molar-refractivity contribution in [3.8, 4) is 0 Å². The minimum atomic E-state index is -3.72. The molecule has 0 amide bonds. The average Bonchev–Trinajstić information content (AvgIpc) is 2.56. The van der Waals surface area contributed by atoms with Gasteiger partial charge < -0.3 is 0 Å². The van der Waals surface area contributed by atoms with Gasteiger partial charge in [-0.2, -0.15) is 11.8 Å². The van der Waals surface area contributed by atoms with Crippen LogP contribution in [-0.4, -0.2) is 25.6 Å². The number of nitro groups is 1. The van der Waals surface area contributed by atoms with Gasteiger partial charge in [-0.1, -0.05) is 18.2 Å². The SMILES string of the molecule is O=[N+]([O-])c1ccc(S(=O)(=O)NCCSCc2ccccc2F)cc1. The molecule has 0 atom stereocenters. The lowest BCUT2D eigenvalue weighted by Crippen LogP contribution is -2.26. The van der Waals surface area contributed by atoms with Crippen LogP contribution in [0.5, 0.6) is 0 Å². The number of hydrogen-bond acceptors (Lipinski definition) is 5. The predicted molar refractivity (Wildman–Crippen MR) is 90.8 cm³/mol. The molecule has 9 heteroatoms. The number of sulfonamides is 1. The fourth-order valence-corrected chi connectivity index (χ4v) is 3.88. The smallest absolute Gasteiger partial charge is 0.258 e. The topological polar surface area (TPSA) is 89.3 Å². The van der Waals surface area contributed by atoms with Crippen molar-refractivity contribution in [3.05, 3.63) is 70.0 Å². The van der Waals surface area contributed by atoms with Crippen LogP contribution in [0.25, 0.3) is 0 Å². The van der Waals surface area contributed by atoms with Crippen LogP contribution in [0.2, 0.25) is 0 Å². The third kappa shape index (κ3) is 5.02. The Bertz CT molecular complexity index is 810. The van der Waals surface area contributed by atoms with E-state index in [2.05, 4.69) is 4.72 Å². The van der Waals surface area contributed by atoms with Crippen LogP contribution in [0.15, 0.2) is 53.4 Å². The van der Waals surface area contributed by atoms with Crippen LogP contribution < -0.4 is 4.72 Å². The molecule has 0 aliphatic rings. The van der Waals surface area contributed by atoms with Crippen molar-refractivity contribution in [1.29, 1.82) is 0 Å². The molecule has 0 aliphatic heterocycles. The summed E-state index contributed by atoms with van der Waals surface area (Å²) in [6, 6.07) is 11.1. The van der Waals surface area contributed by atoms with Gasteiger partial charge in [-0.05, 0) is 23.8 Å². The van der Waals surface area contributed by atoms with E-state index in [0.717, 1.165) is 12.1 Å². The maximum absolute atomic E-state index is 13.4. The van der Waals surface area contributed by atoms with Gasteiger partial charge in [0.1, 0.15) is 5.82 Å². The summed E-state index contributed by atoms with van der Waals surface area (Å²) in [6.07, 6.45) is 0. The molecular weight excluding hydrogens is 355 g/mol. The van der Waals surface area contributed by atoms with Gasteiger partial charge in [0.2, 0.25) is 10.0 Å². The highest BCUT2D eigenvalue weighted by Crippen LogP contribution is 2.17. The van der Waals surface area contributed by atoms with Crippen LogP contribution in [-0.2, 0) is 15.8 Å². The third-order valence-electron chi connectivity index (χ3n) is 3.11. The van der Waals surface area contributed by atoms with Gasteiger partial charge in [-0.15, -0.1) is 0 Å². The lowest BCUT2D eigenvalue weighted by atomic mass is 10.2. The standard InChI is InChI=1S/C15H15FN2O4S2/c16-15-4-2-1-3-12(15)11-23-10-9-17-24(21,22)14-7-5-13(6-8-14)18(19)20/h1-8,17H,9-11H2. The fraction of sp³-hybridized carbons (Fsp3) is 0.200. The van der Waals surface area contributed by atoms with E-state index in [9.17, 15) is 22.9 Å². The van der Waals surface area contributed by atoms with Crippen LogP contribution in [0.1, 0.15) is 5.56 Å². The Morgan fingerprint density at radius 2 is 1.79 bits per heavy atom. The highest BCUT2D eigenvalue weighted by atomic mass is 32.2. The number of halogens is 1. The van der Waals surface area contributed by atoms with E-state index >= 15 is 0 Å². The first kappa shape index (κ1) is 18.4. The Morgan fingerprint density at radius 1 is 1.12 bits per heavy atom. The molecule has 1 N–H and O–H groups in total. The second-order valence-electron chi connectivity index (χ2n) is 4.79. The number of benzene rings is 2. The first-order chi connectivity index (χ1) is 11.4. The van der Waals surface area contributed by atoms with Gasteiger partial charge in [-0.25, -0.2) is 17.5 Å². The van der Waals surface area contributed by atoms with Crippen LogP contribution in [0.4, 0.5) is 10.1 Å². The van der Waals surface area contributed by atoms with Gasteiger partial charge in [0.25, 0.3) is 5.69 Å². The lowest BCUT2D eigenvalue weighted by molar-refractivity contribution is -0.384. The van der Waals surface area contributed by atoms with Crippen LogP contribution >= 0.6 is 11.8 Å². The molecule has 0 spiro atoms. The van der Waals surface area contributed by atoms with E-state index in [1.807, 2.05) is 0 Å². The molecule has 0 aromatic heterocycles. The summed E-state index contributed by atoms with van der Waals surface area (Å²) in [5.41, 5.74) is 0.398. The summed E-state index contributed by atoms with van der Waals surface area (Å²) in [4.78, 5) is 9.93. The molecule has 0 heterocycles. The van der Waals surface area contributed by atoms with Gasteiger partial charge in [0.05, 0.1) is 9.82 Å². The fourth-order valence-electron chi connectivity index (χ4n) is 1.88. The molecule has 0 saturated carbocycles. The summed E-state index contributed by atoms with van der Waals surface area (Å²) in [6.45, 7) is 0.179. The van der Waals surface area contributed by atoms with Gasteiger partial charge in [-0.3, -0.25) is 10.1 Å².